The summed E-state index contributed by atoms with van der Waals surface area (Å²) >= 11 is 1.62. The fraction of sp³-hybridized carbons (Fsp3) is 0.240. The van der Waals surface area contributed by atoms with Crippen LogP contribution in [0.5, 0.6) is 0 Å². The zero-order chi connectivity index (χ0) is 21.9. The Morgan fingerprint density at radius 2 is 1.72 bits per heavy atom. The number of benzene rings is 2. The number of nitrogens with one attached hydrogen (secondary N) is 2. The average molecular weight is 445 g/mol. The molecule has 0 unspecified atom stereocenters. The highest BCUT2D eigenvalue weighted by Crippen LogP contribution is 2.33. The number of aryl methyl sites for hydroxylation is 2. The summed E-state index contributed by atoms with van der Waals surface area (Å²) < 4.78 is 0. The molecule has 4 aromatic rings. The summed E-state index contributed by atoms with van der Waals surface area (Å²) in [5.74, 6) is 0.500. The quantitative estimate of drug-likeness (QED) is 0.450. The molecule has 0 atom stereocenters. The molecule has 2 N–H and O–H groups in total. The molecule has 2 heterocycles. The van der Waals surface area contributed by atoms with Crippen LogP contribution in [0.2, 0.25) is 0 Å². The molecule has 5 rings (SSSR count). The molecule has 0 spiro atoms. The maximum atomic E-state index is 13.1. The third-order valence-corrected chi connectivity index (χ3v) is 6.93. The van der Waals surface area contributed by atoms with Crippen LogP contribution in [0.25, 0.3) is 10.2 Å². The van der Waals surface area contributed by atoms with Crippen molar-refractivity contribution in [2.24, 2.45) is 0 Å². The molecule has 1 aliphatic carbocycles. The summed E-state index contributed by atoms with van der Waals surface area (Å²) in [7, 11) is 0. The van der Waals surface area contributed by atoms with Crippen LogP contribution in [-0.4, -0.2) is 20.9 Å². The van der Waals surface area contributed by atoms with E-state index in [1.807, 2.05) is 60.7 Å². The van der Waals surface area contributed by atoms with E-state index in [9.17, 15) is 9.59 Å². The van der Waals surface area contributed by atoms with Crippen molar-refractivity contribution >= 4 is 33.3 Å². The van der Waals surface area contributed by atoms with Gasteiger partial charge in [-0.1, -0.05) is 48.5 Å². The Bertz CT molecular complexity index is 1300. The molecular weight excluding hydrogens is 420 g/mol. The number of aromatic amines is 1. The van der Waals surface area contributed by atoms with E-state index < -0.39 is 0 Å². The van der Waals surface area contributed by atoms with Crippen molar-refractivity contribution in [3.8, 4) is 0 Å². The second-order valence-corrected chi connectivity index (χ2v) is 9.13. The Labute approximate surface area is 189 Å². The highest BCUT2D eigenvalue weighted by molar-refractivity contribution is 7.18. The van der Waals surface area contributed by atoms with Crippen LogP contribution in [0.4, 0.5) is 10.5 Å². The zero-order valence-corrected chi connectivity index (χ0v) is 18.5. The minimum atomic E-state index is -0.242. The largest absolute Gasteiger partial charge is 0.322 e. The van der Waals surface area contributed by atoms with Crippen LogP contribution in [0.15, 0.2) is 65.5 Å². The third-order valence-electron chi connectivity index (χ3n) is 5.74. The molecule has 162 valence electrons. The van der Waals surface area contributed by atoms with Gasteiger partial charge in [0.05, 0.1) is 11.9 Å². The Morgan fingerprint density at radius 3 is 2.50 bits per heavy atom. The summed E-state index contributed by atoms with van der Waals surface area (Å²) in [6.07, 6.45) is 4.24. The van der Waals surface area contributed by atoms with Gasteiger partial charge in [0, 0.05) is 17.1 Å². The molecule has 6 nitrogen and oxygen atoms in total. The van der Waals surface area contributed by atoms with Gasteiger partial charge in [0.15, 0.2) is 0 Å². The molecule has 1 aliphatic rings. The van der Waals surface area contributed by atoms with Crippen molar-refractivity contribution in [2.45, 2.75) is 38.8 Å². The number of aromatic nitrogens is 2. The SMILES string of the molecule is O=C(Nc1ccccc1)N(Cc1ccccc1)Cc1nc2sc3c(c2c(=O)[nH]1)CCCC3. The van der Waals surface area contributed by atoms with Crippen molar-refractivity contribution in [3.63, 3.8) is 0 Å². The normalized spacial score (nSPS) is 13.0. The predicted molar refractivity (Wildman–Crippen MR) is 128 cm³/mol. The fourth-order valence-corrected chi connectivity index (χ4v) is 5.47. The molecule has 0 fully saturated rings. The molecule has 0 saturated heterocycles. The number of carbonyl (C=O) groups excluding carboxylic acids is 1. The summed E-state index contributed by atoms with van der Waals surface area (Å²) in [5, 5.41) is 3.68. The van der Waals surface area contributed by atoms with Gasteiger partial charge in [-0.3, -0.25) is 4.79 Å². The molecule has 2 aromatic heterocycles. The second-order valence-electron chi connectivity index (χ2n) is 8.04. The van der Waals surface area contributed by atoms with Gasteiger partial charge in [0.1, 0.15) is 10.7 Å². The van der Waals surface area contributed by atoms with Crippen LogP contribution >= 0.6 is 11.3 Å². The summed E-state index contributed by atoms with van der Waals surface area (Å²) in [4.78, 5) is 37.5. The smallest absolute Gasteiger partial charge is 0.313 e. The molecule has 0 bridgehead atoms. The zero-order valence-electron chi connectivity index (χ0n) is 17.6. The number of rotatable bonds is 5. The highest BCUT2D eigenvalue weighted by Gasteiger charge is 2.21. The molecule has 0 radical (unpaired) electrons. The van der Waals surface area contributed by atoms with Crippen LogP contribution in [0.1, 0.15) is 34.7 Å². The van der Waals surface area contributed by atoms with Gasteiger partial charge in [-0.05, 0) is 48.9 Å². The van der Waals surface area contributed by atoms with Crippen molar-refractivity contribution in [1.29, 1.82) is 0 Å². The van der Waals surface area contributed by atoms with Gasteiger partial charge in [-0.2, -0.15) is 0 Å². The first-order valence-electron chi connectivity index (χ1n) is 10.9. The number of thiophene rings is 1. The number of amides is 2. The monoisotopic (exact) mass is 444 g/mol. The number of anilines is 1. The second kappa shape index (κ2) is 8.96. The maximum Gasteiger partial charge on any atom is 0.322 e. The predicted octanol–water partition coefficient (Wildman–Crippen LogP) is 5.10. The van der Waals surface area contributed by atoms with Gasteiger partial charge >= 0.3 is 6.03 Å². The van der Waals surface area contributed by atoms with E-state index >= 15 is 0 Å². The van der Waals surface area contributed by atoms with Crippen molar-refractivity contribution in [2.75, 3.05) is 5.32 Å². The Kier molecular flexibility index (Phi) is 5.73. The number of carbonyl (C=O) groups is 1. The van der Waals surface area contributed by atoms with Crippen LogP contribution in [-0.2, 0) is 25.9 Å². The van der Waals surface area contributed by atoms with Crippen molar-refractivity contribution in [3.05, 3.63) is 92.8 Å². The number of para-hydroxylation sites is 1. The van der Waals surface area contributed by atoms with Gasteiger partial charge in [-0.15, -0.1) is 11.3 Å². The summed E-state index contributed by atoms with van der Waals surface area (Å²) in [6, 6.07) is 18.9. The summed E-state index contributed by atoms with van der Waals surface area (Å²) in [6.45, 7) is 0.615. The van der Waals surface area contributed by atoms with E-state index in [0.29, 0.717) is 12.4 Å². The van der Waals surface area contributed by atoms with Gasteiger partial charge in [0.2, 0.25) is 0 Å². The first-order valence-corrected chi connectivity index (χ1v) is 11.7. The molecule has 7 heteroatoms. The minimum absolute atomic E-state index is 0.104. The number of hydrogen-bond acceptors (Lipinski definition) is 4. The molecule has 0 saturated carbocycles. The lowest BCUT2D eigenvalue weighted by Gasteiger charge is -2.23. The van der Waals surface area contributed by atoms with Crippen molar-refractivity contribution in [1.82, 2.24) is 14.9 Å². The number of hydrogen-bond donors (Lipinski definition) is 2. The lowest BCUT2D eigenvalue weighted by atomic mass is 9.97. The Hall–Kier alpha value is -3.45. The van der Waals surface area contributed by atoms with Crippen LogP contribution in [0, 0.1) is 0 Å². The van der Waals surface area contributed by atoms with Crippen LogP contribution < -0.4 is 10.9 Å². The lowest BCUT2D eigenvalue weighted by molar-refractivity contribution is 0.205. The van der Waals surface area contributed by atoms with E-state index in [0.717, 1.165) is 47.2 Å². The number of fused-ring (bicyclic) bond motifs is 3. The van der Waals surface area contributed by atoms with Gasteiger partial charge in [-0.25, -0.2) is 9.78 Å². The van der Waals surface area contributed by atoms with E-state index in [-0.39, 0.29) is 18.1 Å². The molecule has 32 heavy (non-hydrogen) atoms. The first-order chi connectivity index (χ1) is 15.7. The summed E-state index contributed by atoms with van der Waals surface area (Å²) in [5.41, 5.74) is 2.79. The topological polar surface area (TPSA) is 78.1 Å². The van der Waals surface area contributed by atoms with Gasteiger partial charge in [0.25, 0.3) is 5.56 Å². The van der Waals surface area contributed by atoms with E-state index in [1.165, 1.54) is 10.4 Å². The first kappa shape index (κ1) is 20.5. The number of urea groups is 1. The lowest BCUT2D eigenvalue weighted by Crippen LogP contribution is -2.35. The molecule has 2 aromatic carbocycles. The van der Waals surface area contributed by atoms with E-state index in [1.54, 1.807) is 16.2 Å². The van der Waals surface area contributed by atoms with E-state index in [4.69, 9.17) is 4.98 Å². The molecular formula is C25H24N4O2S. The average Bonchev–Trinajstić information content (AvgIpc) is 3.19. The number of H-pyrrole nitrogens is 1. The fourth-order valence-electron chi connectivity index (χ4n) is 4.19. The maximum absolute atomic E-state index is 13.1. The van der Waals surface area contributed by atoms with Crippen molar-refractivity contribution < 1.29 is 4.79 Å². The molecule has 0 aliphatic heterocycles. The number of nitrogens with zero attached hydrogens (tertiary/aromatic N) is 2. The van der Waals surface area contributed by atoms with E-state index in [2.05, 4.69) is 10.3 Å². The third kappa shape index (κ3) is 4.29. The highest BCUT2D eigenvalue weighted by atomic mass is 32.1. The standard InChI is InChI=1S/C25H24N4O2S/c30-23-22-19-13-7-8-14-20(19)32-24(22)28-21(27-23)16-29(15-17-9-3-1-4-10-17)25(31)26-18-11-5-2-6-12-18/h1-6,9-12H,7-8,13-16H2,(H,26,31)(H,27,28,30). The Morgan fingerprint density at radius 1 is 1.00 bits per heavy atom. The minimum Gasteiger partial charge on any atom is -0.313 e. The Balaban J connectivity index is 1.45. The molecule has 2 amide bonds. The van der Waals surface area contributed by atoms with Gasteiger partial charge < -0.3 is 15.2 Å². The van der Waals surface area contributed by atoms with Crippen LogP contribution in [0.3, 0.4) is 0 Å².